The molecule has 0 radical (unpaired) electrons. The number of rotatable bonds is 4. The molecule has 4 aromatic rings. The number of fused-ring (bicyclic) bond motifs is 1. The van der Waals surface area contributed by atoms with Gasteiger partial charge in [-0.25, -0.2) is 9.98 Å². The third-order valence-electron chi connectivity index (χ3n) is 3.87. The minimum atomic E-state index is -0.538. The molecule has 0 atom stereocenters. The van der Waals surface area contributed by atoms with E-state index in [1.165, 1.54) is 24.6 Å². The van der Waals surface area contributed by atoms with Gasteiger partial charge in [0.15, 0.2) is 17.3 Å². The van der Waals surface area contributed by atoms with Gasteiger partial charge in [0.05, 0.1) is 15.7 Å². The molecule has 0 aliphatic heterocycles. The summed E-state index contributed by atoms with van der Waals surface area (Å²) in [6.45, 7) is 0. The van der Waals surface area contributed by atoms with Gasteiger partial charge in [-0.05, 0) is 40.2 Å². The molecule has 4 rings (SSSR count). The maximum Gasteiger partial charge on any atom is 0.271 e. The number of nitro benzene ring substituents is 1. The highest BCUT2D eigenvalue weighted by Crippen LogP contribution is 2.34. The van der Waals surface area contributed by atoms with E-state index < -0.39 is 4.92 Å². The first kappa shape index (κ1) is 17.0. The van der Waals surface area contributed by atoms with Gasteiger partial charge in [0, 0.05) is 30.1 Å². The quantitative estimate of drug-likeness (QED) is 0.288. The topological polar surface area (TPSA) is 106 Å². The standard InChI is InChI=1S/C18H11BrN4O4/c19-13-9-12(23(25)26)8-11(17(13)24)10-20-18-16(14-4-3-7-27-14)21-15-5-1-2-6-22(15)18/h1-10,24H. The summed E-state index contributed by atoms with van der Waals surface area (Å²) in [5.74, 6) is 0.871. The van der Waals surface area contributed by atoms with Crippen LogP contribution in [0.2, 0.25) is 0 Å². The van der Waals surface area contributed by atoms with Gasteiger partial charge in [-0.3, -0.25) is 14.5 Å². The van der Waals surface area contributed by atoms with Crippen molar-refractivity contribution in [3.8, 4) is 17.2 Å². The number of hydrogen-bond donors (Lipinski definition) is 1. The van der Waals surface area contributed by atoms with Crippen LogP contribution in [0.1, 0.15) is 5.56 Å². The van der Waals surface area contributed by atoms with E-state index in [0.29, 0.717) is 22.9 Å². The van der Waals surface area contributed by atoms with E-state index in [1.807, 2.05) is 18.2 Å². The van der Waals surface area contributed by atoms with Crippen LogP contribution < -0.4 is 0 Å². The lowest BCUT2D eigenvalue weighted by Crippen LogP contribution is -1.92. The molecule has 0 unspecified atom stereocenters. The molecule has 0 aliphatic rings. The second-order valence-electron chi connectivity index (χ2n) is 5.57. The Morgan fingerprint density at radius 3 is 2.89 bits per heavy atom. The molecule has 3 aromatic heterocycles. The number of phenols is 1. The van der Waals surface area contributed by atoms with Gasteiger partial charge in [0.2, 0.25) is 0 Å². The summed E-state index contributed by atoms with van der Waals surface area (Å²) < 4.78 is 7.41. The fourth-order valence-corrected chi connectivity index (χ4v) is 3.09. The minimum absolute atomic E-state index is 0.141. The molecule has 3 heterocycles. The second-order valence-corrected chi connectivity index (χ2v) is 6.43. The number of hydrogen-bond acceptors (Lipinski definition) is 6. The monoisotopic (exact) mass is 426 g/mol. The number of phenolic OH excluding ortho intramolecular Hbond substituents is 1. The smallest absolute Gasteiger partial charge is 0.271 e. The second kappa shape index (κ2) is 6.69. The molecule has 8 nitrogen and oxygen atoms in total. The number of nitrogens with zero attached hydrogens (tertiary/aromatic N) is 4. The average molecular weight is 427 g/mol. The van der Waals surface area contributed by atoms with Crippen LogP contribution in [0.5, 0.6) is 5.75 Å². The molecule has 9 heteroatoms. The van der Waals surface area contributed by atoms with Crippen molar-refractivity contribution in [2.45, 2.75) is 0 Å². The molecule has 27 heavy (non-hydrogen) atoms. The van der Waals surface area contributed by atoms with E-state index in [9.17, 15) is 15.2 Å². The van der Waals surface area contributed by atoms with Crippen molar-refractivity contribution in [2.75, 3.05) is 0 Å². The highest BCUT2D eigenvalue weighted by atomic mass is 79.9. The van der Waals surface area contributed by atoms with Gasteiger partial charge >= 0.3 is 0 Å². The average Bonchev–Trinajstić information content (AvgIpc) is 3.30. The van der Waals surface area contributed by atoms with Crippen molar-refractivity contribution in [2.24, 2.45) is 4.99 Å². The highest BCUT2D eigenvalue weighted by Gasteiger charge is 2.17. The van der Waals surface area contributed by atoms with Crippen molar-refractivity contribution in [3.63, 3.8) is 0 Å². The van der Waals surface area contributed by atoms with E-state index in [-0.39, 0.29) is 21.5 Å². The van der Waals surface area contributed by atoms with Crippen LogP contribution in [0.4, 0.5) is 11.5 Å². The summed E-state index contributed by atoms with van der Waals surface area (Å²) in [5, 5.41) is 21.3. The summed E-state index contributed by atoms with van der Waals surface area (Å²) in [6, 6.07) is 11.5. The molecule has 0 bridgehead atoms. The van der Waals surface area contributed by atoms with E-state index in [0.717, 1.165) is 0 Å². The lowest BCUT2D eigenvalue weighted by atomic mass is 10.2. The molecule has 134 valence electrons. The Hall–Kier alpha value is -3.46. The third-order valence-corrected chi connectivity index (χ3v) is 4.48. The largest absolute Gasteiger partial charge is 0.506 e. The van der Waals surface area contributed by atoms with Crippen LogP contribution in [0.15, 0.2) is 68.8 Å². The first-order chi connectivity index (χ1) is 13.0. The van der Waals surface area contributed by atoms with Gasteiger partial charge in [-0.1, -0.05) is 6.07 Å². The SMILES string of the molecule is O=[N+]([O-])c1cc(Br)c(O)c(C=Nc2c(-c3ccco3)nc3ccccn23)c1. The molecular weight excluding hydrogens is 416 g/mol. The number of benzene rings is 1. The number of pyridine rings is 1. The lowest BCUT2D eigenvalue weighted by molar-refractivity contribution is -0.385. The van der Waals surface area contributed by atoms with Crippen LogP contribution in [0, 0.1) is 10.1 Å². The van der Waals surface area contributed by atoms with E-state index in [4.69, 9.17) is 4.42 Å². The first-order valence-corrected chi connectivity index (χ1v) is 8.56. The maximum absolute atomic E-state index is 11.1. The van der Waals surface area contributed by atoms with Crippen molar-refractivity contribution in [1.29, 1.82) is 0 Å². The molecule has 0 saturated heterocycles. The van der Waals surface area contributed by atoms with Gasteiger partial charge < -0.3 is 9.52 Å². The van der Waals surface area contributed by atoms with Crippen molar-refractivity contribution in [3.05, 3.63) is 75.1 Å². The molecule has 0 aliphatic carbocycles. The van der Waals surface area contributed by atoms with Crippen LogP contribution in [-0.2, 0) is 0 Å². The number of aromatic hydroxyl groups is 1. The van der Waals surface area contributed by atoms with E-state index in [1.54, 1.807) is 22.7 Å². The van der Waals surface area contributed by atoms with Crippen LogP contribution in [0.25, 0.3) is 17.1 Å². The van der Waals surface area contributed by atoms with Crippen LogP contribution in [-0.4, -0.2) is 25.6 Å². The highest BCUT2D eigenvalue weighted by molar-refractivity contribution is 9.10. The summed E-state index contributed by atoms with van der Waals surface area (Å²) in [7, 11) is 0. The van der Waals surface area contributed by atoms with Crippen molar-refractivity contribution < 1.29 is 14.4 Å². The van der Waals surface area contributed by atoms with Crippen molar-refractivity contribution >= 4 is 39.3 Å². The minimum Gasteiger partial charge on any atom is -0.506 e. The van der Waals surface area contributed by atoms with Gasteiger partial charge in [-0.15, -0.1) is 0 Å². The summed E-state index contributed by atoms with van der Waals surface area (Å²) in [5.41, 5.74) is 1.23. The molecule has 0 spiro atoms. The fourth-order valence-electron chi connectivity index (χ4n) is 2.62. The number of furan rings is 1. The number of aromatic nitrogens is 2. The molecular formula is C18H11BrN4O4. The normalized spacial score (nSPS) is 11.4. The van der Waals surface area contributed by atoms with Gasteiger partial charge in [-0.2, -0.15) is 0 Å². The zero-order valence-corrected chi connectivity index (χ0v) is 15.2. The lowest BCUT2D eigenvalue weighted by Gasteiger charge is -2.02. The summed E-state index contributed by atoms with van der Waals surface area (Å²) in [4.78, 5) is 19.5. The Labute approximate surface area is 160 Å². The Balaban J connectivity index is 1.87. The number of aliphatic imine (C=N–C) groups is 1. The van der Waals surface area contributed by atoms with Gasteiger partial charge in [0.25, 0.3) is 5.69 Å². The number of non-ortho nitro benzene ring substituents is 1. The van der Waals surface area contributed by atoms with E-state index in [2.05, 4.69) is 25.9 Å². The molecule has 1 N–H and O–H groups in total. The Morgan fingerprint density at radius 2 is 2.15 bits per heavy atom. The predicted molar refractivity (Wildman–Crippen MR) is 103 cm³/mol. The molecule has 0 saturated carbocycles. The van der Waals surface area contributed by atoms with Crippen LogP contribution in [0.3, 0.4) is 0 Å². The summed E-state index contributed by atoms with van der Waals surface area (Å²) >= 11 is 3.12. The molecule has 0 amide bonds. The van der Waals surface area contributed by atoms with Crippen LogP contribution >= 0.6 is 15.9 Å². The zero-order chi connectivity index (χ0) is 19.0. The number of halogens is 1. The number of imidazole rings is 1. The Kier molecular flexibility index (Phi) is 4.21. The third kappa shape index (κ3) is 3.08. The predicted octanol–water partition coefficient (Wildman–Crippen LogP) is 4.72. The van der Waals surface area contributed by atoms with Gasteiger partial charge in [0.1, 0.15) is 11.4 Å². The maximum atomic E-state index is 11.1. The van der Waals surface area contributed by atoms with Crippen molar-refractivity contribution in [1.82, 2.24) is 9.38 Å². The van der Waals surface area contributed by atoms with E-state index >= 15 is 0 Å². The summed E-state index contributed by atoms with van der Waals surface area (Å²) in [6.07, 6.45) is 4.69. The Bertz CT molecular complexity index is 1180. The zero-order valence-electron chi connectivity index (χ0n) is 13.6. The molecule has 1 aromatic carbocycles. The Morgan fingerprint density at radius 1 is 1.30 bits per heavy atom. The number of nitro groups is 1. The first-order valence-electron chi connectivity index (χ1n) is 7.76. The molecule has 0 fully saturated rings. The fraction of sp³-hybridized carbons (Fsp3) is 0.